The minimum absolute atomic E-state index is 0.219. The van der Waals surface area contributed by atoms with Gasteiger partial charge in [-0.05, 0) is 31.0 Å². The van der Waals surface area contributed by atoms with Crippen molar-refractivity contribution in [2.24, 2.45) is 11.7 Å². The van der Waals surface area contributed by atoms with Gasteiger partial charge in [0.1, 0.15) is 5.76 Å². The lowest BCUT2D eigenvalue weighted by molar-refractivity contribution is 0.144. The summed E-state index contributed by atoms with van der Waals surface area (Å²) in [4.78, 5) is 2.39. The van der Waals surface area contributed by atoms with Gasteiger partial charge in [-0.1, -0.05) is 0 Å². The van der Waals surface area contributed by atoms with E-state index in [1.54, 1.807) is 13.4 Å². The largest absolute Gasteiger partial charge is 0.468 e. The van der Waals surface area contributed by atoms with Crippen LogP contribution in [0.2, 0.25) is 0 Å². The van der Waals surface area contributed by atoms with Gasteiger partial charge in [-0.25, -0.2) is 0 Å². The van der Waals surface area contributed by atoms with Crippen LogP contribution in [0.3, 0.4) is 0 Å². The fourth-order valence-corrected chi connectivity index (χ4v) is 2.44. The first-order valence-electron chi connectivity index (χ1n) is 5.81. The molecule has 0 saturated carbocycles. The standard InChI is InChI=1S/C12H20N2O2/c1-15-9-10-4-5-14(8-10)11(7-13)12-3-2-6-16-12/h2-3,6,10-11H,4-5,7-9,13H2,1H3. The van der Waals surface area contributed by atoms with Crippen LogP contribution in [0.15, 0.2) is 22.8 Å². The second kappa shape index (κ2) is 5.48. The van der Waals surface area contributed by atoms with E-state index in [0.29, 0.717) is 12.5 Å². The van der Waals surface area contributed by atoms with Gasteiger partial charge in [-0.15, -0.1) is 0 Å². The summed E-state index contributed by atoms with van der Waals surface area (Å²) in [6, 6.07) is 4.14. The molecule has 1 aromatic heterocycles. The highest BCUT2D eigenvalue weighted by molar-refractivity contribution is 5.06. The zero-order valence-electron chi connectivity index (χ0n) is 9.76. The molecule has 1 aliphatic heterocycles. The van der Waals surface area contributed by atoms with Gasteiger partial charge in [0.2, 0.25) is 0 Å². The predicted molar refractivity (Wildman–Crippen MR) is 62.1 cm³/mol. The Balaban J connectivity index is 1.96. The fraction of sp³-hybridized carbons (Fsp3) is 0.667. The molecule has 2 N–H and O–H groups in total. The van der Waals surface area contributed by atoms with Crippen molar-refractivity contribution in [3.8, 4) is 0 Å². The summed E-state index contributed by atoms with van der Waals surface area (Å²) in [7, 11) is 1.76. The summed E-state index contributed by atoms with van der Waals surface area (Å²) in [5, 5.41) is 0. The lowest BCUT2D eigenvalue weighted by Crippen LogP contribution is -2.32. The Labute approximate surface area is 96.4 Å². The van der Waals surface area contributed by atoms with Gasteiger partial charge >= 0.3 is 0 Å². The molecule has 0 bridgehead atoms. The van der Waals surface area contributed by atoms with Crippen LogP contribution in [0.5, 0.6) is 0 Å². The average molecular weight is 224 g/mol. The maximum absolute atomic E-state index is 5.83. The molecular formula is C12H20N2O2. The number of likely N-dealkylation sites (tertiary alicyclic amines) is 1. The van der Waals surface area contributed by atoms with Crippen molar-refractivity contribution in [1.29, 1.82) is 0 Å². The first-order chi connectivity index (χ1) is 7.85. The number of furan rings is 1. The van der Waals surface area contributed by atoms with E-state index in [4.69, 9.17) is 14.9 Å². The van der Waals surface area contributed by atoms with E-state index >= 15 is 0 Å². The Morgan fingerprint density at radius 2 is 2.56 bits per heavy atom. The summed E-state index contributed by atoms with van der Waals surface area (Å²) in [5.41, 5.74) is 5.83. The molecule has 0 radical (unpaired) electrons. The van der Waals surface area contributed by atoms with Crippen molar-refractivity contribution >= 4 is 0 Å². The number of hydrogen-bond acceptors (Lipinski definition) is 4. The molecular weight excluding hydrogens is 204 g/mol. The number of nitrogens with zero attached hydrogens (tertiary/aromatic N) is 1. The van der Waals surface area contributed by atoms with Crippen molar-refractivity contribution in [2.45, 2.75) is 12.5 Å². The van der Waals surface area contributed by atoms with E-state index in [2.05, 4.69) is 4.90 Å². The van der Waals surface area contributed by atoms with Gasteiger partial charge in [0.05, 0.1) is 18.9 Å². The van der Waals surface area contributed by atoms with Crippen LogP contribution in [0.1, 0.15) is 18.2 Å². The molecule has 16 heavy (non-hydrogen) atoms. The second-order valence-electron chi connectivity index (χ2n) is 4.37. The van der Waals surface area contributed by atoms with Crippen molar-refractivity contribution in [3.63, 3.8) is 0 Å². The fourth-order valence-electron chi connectivity index (χ4n) is 2.44. The highest BCUT2D eigenvalue weighted by atomic mass is 16.5. The quantitative estimate of drug-likeness (QED) is 0.817. The summed E-state index contributed by atoms with van der Waals surface area (Å²) in [6.07, 6.45) is 2.89. The number of methoxy groups -OCH3 is 1. The summed E-state index contributed by atoms with van der Waals surface area (Å²) in [6.45, 7) is 3.58. The summed E-state index contributed by atoms with van der Waals surface area (Å²) >= 11 is 0. The first-order valence-corrected chi connectivity index (χ1v) is 5.81. The SMILES string of the molecule is COCC1CCN(C(CN)c2ccco2)C1. The maximum Gasteiger partial charge on any atom is 0.122 e. The maximum atomic E-state index is 5.83. The monoisotopic (exact) mass is 224 g/mol. The van der Waals surface area contributed by atoms with Crippen LogP contribution in [0, 0.1) is 5.92 Å². The van der Waals surface area contributed by atoms with Crippen LogP contribution in [0.4, 0.5) is 0 Å². The van der Waals surface area contributed by atoms with Crippen LogP contribution in [0.25, 0.3) is 0 Å². The minimum Gasteiger partial charge on any atom is -0.468 e. The van der Waals surface area contributed by atoms with Gasteiger partial charge in [0.15, 0.2) is 0 Å². The van der Waals surface area contributed by atoms with Gasteiger partial charge in [0, 0.05) is 20.2 Å². The zero-order chi connectivity index (χ0) is 11.4. The van der Waals surface area contributed by atoms with Crippen LogP contribution in [-0.4, -0.2) is 38.3 Å². The third-order valence-electron chi connectivity index (χ3n) is 3.26. The number of hydrogen-bond donors (Lipinski definition) is 1. The van der Waals surface area contributed by atoms with Gasteiger partial charge in [0.25, 0.3) is 0 Å². The lowest BCUT2D eigenvalue weighted by Gasteiger charge is -2.24. The Morgan fingerprint density at radius 3 is 3.19 bits per heavy atom. The first kappa shape index (κ1) is 11.6. The Bertz CT molecular complexity index is 300. The molecule has 2 heterocycles. The normalized spacial score (nSPS) is 23.8. The van der Waals surface area contributed by atoms with Crippen LogP contribution in [-0.2, 0) is 4.74 Å². The molecule has 1 fully saturated rings. The van der Waals surface area contributed by atoms with Gasteiger partial charge < -0.3 is 14.9 Å². The minimum atomic E-state index is 0.219. The Kier molecular flexibility index (Phi) is 3.98. The highest BCUT2D eigenvalue weighted by Gasteiger charge is 2.29. The predicted octanol–water partition coefficient (Wildman–Crippen LogP) is 1.25. The molecule has 4 heteroatoms. The molecule has 0 amide bonds. The smallest absolute Gasteiger partial charge is 0.122 e. The number of ether oxygens (including phenoxy) is 1. The third-order valence-corrected chi connectivity index (χ3v) is 3.26. The summed E-state index contributed by atoms with van der Waals surface area (Å²) in [5.74, 6) is 1.61. The molecule has 2 rings (SSSR count). The van der Waals surface area contributed by atoms with Crippen molar-refractivity contribution in [2.75, 3.05) is 33.4 Å². The van der Waals surface area contributed by atoms with E-state index in [9.17, 15) is 0 Å². The van der Waals surface area contributed by atoms with Gasteiger partial charge in [-0.2, -0.15) is 0 Å². The molecule has 1 saturated heterocycles. The molecule has 0 aromatic carbocycles. The van der Waals surface area contributed by atoms with E-state index in [1.165, 1.54) is 6.42 Å². The topological polar surface area (TPSA) is 51.6 Å². The molecule has 90 valence electrons. The van der Waals surface area contributed by atoms with E-state index in [0.717, 1.165) is 25.5 Å². The van der Waals surface area contributed by atoms with E-state index in [1.807, 2.05) is 12.1 Å². The molecule has 0 aliphatic carbocycles. The average Bonchev–Trinajstić information content (AvgIpc) is 2.92. The highest BCUT2D eigenvalue weighted by Crippen LogP contribution is 2.27. The second-order valence-corrected chi connectivity index (χ2v) is 4.37. The van der Waals surface area contributed by atoms with E-state index in [-0.39, 0.29) is 6.04 Å². The molecule has 0 spiro atoms. The van der Waals surface area contributed by atoms with Gasteiger partial charge in [-0.3, -0.25) is 4.90 Å². The number of nitrogens with two attached hydrogens (primary N) is 1. The van der Waals surface area contributed by atoms with E-state index < -0.39 is 0 Å². The molecule has 2 unspecified atom stereocenters. The number of rotatable bonds is 5. The zero-order valence-corrected chi connectivity index (χ0v) is 9.76. The van der Waals surface area contributed by atoms with Crippen molar-refractivity contribution < 1.29 is 9.15 Å². The molecule has 1 aromatic rings. The third kappa shape index (κ3) is 2.45. The molecule has 2 atom stereocenters. The summed E-state index contributed by atoms with van der Waals surface area (Å²) < 4.78 is 10.6. The van der Waals surface area contributed by atoms with Crippen molar-refractivity contribution in [3.05, 3.63) is 24.2 Å². The van der Waals surface area contributed by atoms with Crippen LogP contribution < -0.4 is 5.73 Å². The Morgan fingerprint density at radius 1 is 1.69 bits per heavy atom. The molecule has 4 nitrogen and oxygen atoms in total. The van der Waals surface area contributed by atoms with Crippen molar-refractivity contribution in [1.82, 2.24) is 4.90 Å². The lowest BCUT2D eigenvalue weighted by atomic mass is 10.1. The molecule has 1 aliphatic rings. The Hall–Kier alpha value is -0.840. The van der Waals surface area contributed by atoms with Crippen LogP contribution >= 0.6 is 0 Å².